The smallest absolute Gasteiger partial charge is 0.329 e. The van der Waals surface area contributed by atoms with Crippen LogP contribution in [0, 0.1) is 0 Å². The Morgan fingerprint density at radius 3 is 2.29 bits per heavy atom. The van der Waals surface area contributed by atoms with E-state index in [2.05, 4.69) is 11.3 Å². The van der Waals surface area contributed by atoms with Crippen molar-refractivity contribution in [3.05, 3.63) is 12.7 Å². The zero-order chi connectivity index (χ0) is 4.99. The molecule has 0 bridgehead atoms. The van der Waals surface area contributed by atoms with Crippen LogP contribution in [0.2, 0.25) is 0 Å². The summed E-state index contributed by atoms with van der Waals surface area (Å²) < 4.78 is 4.14. The first kappa shape index (κ1) is 9.71. The van der Waals surface area contributed by atoms with Gasteiger partial charge >= 0.3 is 5.97 Å². The Labute approximate surface area is 48.6 Å². The van der Waals surface area contributed by atoms with Gasteiger partial charge in [-0.25, -0.2) is 4.79 Å². The van der Waals surface area contributed by atoms with Crippen LogP contribution >= 0.6 is 12.4 Å². The largest absolute Gasteiger partial charge is 0.466 e. The summed E-state index contributed by atoms with van der Waals surface area (Å²) in [6.07, 6.45) is 1.11. The Morgan fingerprint density at radius 2 is 2.29 bits per heavy atom. The molecule has 3 heteroatoms. The van der Waals surface area contributed by atoms with E-state index in [1.54, 1.807) is 0 Å². The molecular formula is C4H7ClO2. The zero-order valence-electron chi connectivity index (χ0n) is 4.01. The van der Waals surface area contributed by atoms with E-state index in [0.29, 0.717) is 0 Å². The molecule has 0 aromatic carbocycles. The van der Waals surface area contributed by atoms with Gasteiger partial charge in [-0.05, 0) is 0 Å². The minimum atomic E-state index is -0.394. The highest BCUT2D eigenvalue weighted by Crippen LogP contribution is 1.67. The van der Waals surface area contributed by atoms with Crippen LogP contribution in [-0.2, 0) is 9.53 Å². The van der Waals surface area contributed by atoms with Crippen molar-refractivity contribution >= 4 is 18.4 Å². The van der Waals surface area contributed by atoms with Gasteiger partial charge in [0.15, 0.2) is 0 Å². The van der Waals surface area contributed by atoms with Gasteiger partial charge in [-0.3, -0.25) is 0 Å². The van der Waals surface area contributed by atoms with Gasteiger partial charge in [-0.15, -0.1) is 12.4 Å². The second kappa shape index (κ2) is 5.50. The van der Waals surface area contributed by atoms with Crippen LogP contribution in [0.1, 0.15) is 0 Å². The van der Waals surface area contributed by atoms with Gasteiger partial charge in [0.05, 0.1) is 7.11 Å². The second-order valence-electron chi connectivity index (χ2n) is 0.727. The van der Waals surface area contributed by atoms with Crippen LogP contribution in [0.3, 0.4) is 0 Å². The number of carbonyl (C=O) groups excluding carboxylic acids is 1. The minimum Gasteiger partial charge on any atom is -0.466 e. The van der Waals surface area contributed by atoms with Crippen LogP contribution in [0.5, 0.6) is 0 Å². The summed E-state index contributed by atoms with van der Waals surface area (Å²) >= 11 is 0. The average Bonchev–Trinajstić information content (AvgIpc) is 1.65. The van der Waals surface area contributed by atoms with E-state index in [1.165, 1.54) is 7.11 Å². The molecule has 0 N–H and O–H groups in total. The number of hydrogen-bond donors (Lipinski definition) is 0. The van der Waals surface area contributed by atoms with Gasteiger partial charge in [-0.1, -0.05) is 6.58 Å². The predicted molar refractivity (Wildman–Crippen MR) is 29.5 cm³/mol. The number of esters is 1. The summed E-state index contributed by atoms with van der Waals surface area (Å²) in [6.45, 7) is 3.16. The van der Waals surface area contributed by atoms with E-state index in [9.17, 15) is 4.79 Å². The van der Waals surface area contributed by atoms with E-state index in [4.69, 9.17) is 0 Å². The molecule has 0 unspecified atom stereocenters. The van der Waals surface area contributed by atoms with Crippen LogP contribution in [0.25, 0.3) is 0 Å². The molecular weight excluding hydrogens is 115 g/mol. The number of rotatable bonds is 1. The Kier molecular flexibility index (Phi) is 7.63. The van der Waals surface area contributed by atoms with Crippen molar-refractivity contribution in [1.82, 2.24) is 0 Å². The first-order chi connectivity index (χ1) is 2.81. The molecule has 0 saturated heterocycles. The fraction of sp³-hybridized carbons (Fsp3) is 0.250. The van der Waals surface area contributed by atoms with Gasteiger partial charge < -0.3 is 4.74 Å². The Hall–Kier alpha value is -0.500. The summed E-state index contributed by atoms with van der Waals surface area (Å²) in [5.74, 6) is -0.394. The van der Waals surface area contributed by atoms with Crippen molar-refractivity contribution in [2.24, 2.45) is 0 Å². The summed E-state index contributed by atoms with van der Waals surface area (Å²) in [5, 5.41) is 0. The normalized spacial score (nSPS) is 5.86. The van der Waals surface area contributed by atoms with Crippen molar-refractivity contribution in [1.29, 1.82) is 0 Å². The molecule has 0 radical (unpaired) electrons. The Balaban J connectivity index is 0. The summed E-state index contributed by atoms with van der Waals surface area (Å²) in [5.41, 5.74) is 0. The molecule has 2 nitrogen and oxygen atoms in total. The lowest BCUT2D eigenvalue weighted by Gasteiger charge is -1.83. The molecule has 0 fully saturated rings. The van der Waals surface area contributed by atoms with E-state index >= 15 is 0 Å². The molecule has 7 heavy (non-hydrogen) atoms. The fourth-order valence-electron chi connectivity index (χ4n) is 0.0833. The van der Waals surface area contributed by atoms with Crippen LogP contribution in [0.15, 0.2) is 12.7 Å². The highest BCUT2D eigenvalue weighted by molar-refractivity contribution is 5.85. The lowest BCUT2D eigenvalue weighted by molar-refractivity contribution is -0.134. The maximum Gasteiger partial charge on any atom is 0.329 e. The topological polar surface area (TPSA) is 26.3 Å². The third-order valence-electron chi connectivity index (χ3n) is 0.368. The van der Waals surface area contributed by atoms with Gasteiger partial charge in [0.1, 0.15) is 0 Å². The molecule has 0 aliphatic rings. The lowest BCUT2D eigenvalue weighted by Crippen LogP contribution is -1.91. The third-order valence-corrected chi connectivity index (χ3v) is 0.368. The van der Waals surface area contributed by atoms with E-state index < -0.39 is 5.97 Å². The standard InChI is InChI=1S/C4H6O2.ClH/c1-3-4(5)6-2;/h3H,1H2,2H3;1H. The predicted octanol–water partition coefficient (Wildman–Crippen LogP) is 0.767. The summed E-state index contributed by atoms with van der Waals surface area (Å²) in [4.78, 5) is 9.84. The summed E-state index contributed by atoms with van der Waals surface area (Å²) in [7, 11) is 1.31. The van der Waals surface area contributed by atoms with E-state index in [-0.39, 0.29) is 12.4 Å². The maximum absolute atomic E-state index is 9.84. The van der Waals surface area contributed by atoms with E-state index in [1.807, 2.05) is 0 Å². The third kappa shape index (κ3) is 5.50. The monoisotopic (exact) mass is 122 g/mol. The summed E-state index contributed by atoms with van der Waals surface area (Å²) in [6, 6.07) is 0. The first-order valence-corrected chi connectivity index (χ1v) is 1.51. The second-order valence-corrected chi connectivity index (χ2v) is 0.727. The van der Waals surface area contributed by atoms with Crippen LogP contribution < -0.4 is 0 Å². The van der Waals surface area contributed by atoms with Gasteiger partial charge in [0.25, 0.3) is 0 Å². The van der Waals surface area contributed by atoms with Crippen molar-refractivity contribution in [3.8, 4) is 0 Å². The number of carbonyl (C=O) groups is 1. The molecule has 0 heterocycles. The van der Waals surface area contributed by atoms with Crippen LogP contribution in [-0.4, -0.2) is 13.1 Å². The fourth-order valence-corrected chi connectivity index (χ4v) is 0.0833. The number of halogens is 1. The van der Waals surface area contributed by atoms with Crippen molar-refractivity contribution in [3.63, 3.8) is 0 Å². The van der Waals surface area contributed by atoms with E-state index in [0.717, 1.165) is 6.08 Å². The maximum atomic E-state index is 9.84. The number of ether oxygens (including phenoxy) is 1. The molecule has 0 amide bonds. The SMILES string of the molecule is C=CC(=O)OC.Cl. The molecule has 0 aliphatic carbocycles. The first-order valence-electron chi connectivity index (χ1n) is 1.51. The van der Waals surface area contributed by atoms with Crippen molar-refractivity contribution < 1.29 is 9.53 Å². The average molecular weight is 123 g/mol. The molecule has 0 aromatic rings. The molecule has 0 atom stereocenters. The Bertz CT molecular complexity index is 70.1. The minimum absolute atomic E-state index is 0. The molecule has 42 valence electrons. The number of hydrogen-bond acceptors (Lipinski definition) is 2. The molecule has 0 saturated carbocycles. The molecule has 0 aromatic heterocycles. The molecule has 0 spiro atoms. The van der Waals surface area contributed by atoms with Gasteiger partial charge in [0.2, 0.25) is 0 Å². The van der Waals surface area contributed by atoms with Crippen LogP contribution in [0.4, 0.5) is 0 Å². The Morgan fingerprint density at radius 1 is 1.86 bits per heavy atom. The molecule has 0 aliphatic heterocycles. The highest BCUT2D eigenvalue weighted by atomic mass is 35.5. The molecule has 0 rings (SSSR count). The quantitative estimate of drug-likeness (QED) is 0.379. The van der Waals surface area contributed by atoms with Gasteiger partial charge in [-0.2, -0.15) is 0 Å². The lowest BCUT2D eigenvalue weighted by atomic mass is 10.7. The highest BCUT2D eigenvalue weighted by Gasteiger charge is 1.81. The van der Waals surface area contributed by atoms with Gasteiger partial charge in [0, 0.05) is 6.08 Å². The zero-order valence-corrected chi connectivity index (χ0v) is 4.83. The number of methoxy groups -OCH3 is 1. The van der Waals surface area contributed by atoms with Crippen molar-refractivity contribution in [2.75, 3.05) is 7.11 Å². The van der Waals surface area contributed by atoms with Crippen molar-refractivity contribution in [2.45, 2.75) is 0 Å².